The molecule has 11 rings (SSSR count). The highest BCUT2D eigenvalue weighted by atomic mass is 15.1. The molecule has 0 aliphatic rings. The van der Waals surface area contributed by atoms with Crippen LogP contribution in [0.5, 0.6) is 0 Å². The molecular weight excluding hydrogens is 733 g/mol. The maximum Gasteiger partial charge on any atom is 0.0996 e. The maximum absolute atomic E-state index is 5.43. The van der Waals surface area contributed by atoms with Gasteiger partial charge in [0.05, 0.1) is 33.1 Å². The summed E-state index contributed by atoms with van der Waals surface area (Å²) in [7, 11) is 0. The summed E-state index contributed by atoms with van der Waals surface area (Å²) in [6, 6.07) is 71.6. The minimum atomic E-state index is 0.803. The molecule has 11 aromatic rings. The molecule has 0 unspecified atom stereocenters. The first-order valence-corrected chi connectivity index (χ1v) is 20.1. The Hall–Kier alpha value is -8.22. The molecule has 0 fully saturated rings. The van der Waals surface area contributed by atoms with Crippen LogP contribution in [0.15, 0.2) is 219 Å². The van der Waals surface area contributed by atoms with Crippen molar-refractivity contribution < 1.29 is 0 Å². The average Bonchev–Trinajstić information content (AvgIpc) is 3.33. The normalized spacial score (nSPS) is 11.3. The lowest BCUT2D eigenvalue weighted by molar-refractivity contribution is 1.28. The van der Waals surface area contributed by atoms with Crippen LogP contribution >= 0.6 is 0 Å². The molecule has 282 valence electrons. The highest BCUT2D eigenvalue weighted by Crippen LogP contribution is 2.40. The van der Waals surface area contributed by atoms with Gasteiger partial charge < -0.3 is 9.80 Å². The first kappa shape index (κ1) is 35.0. The van der Waals surface area contributed by atoms with Gasteiger partial charge in [-0.3, -0.25) is 9.97 Å². The molecule has 6 nitrogen and oxygen atoms in total. The van der Waals surface area contributed by atoms with Gasteiger partial charge in [0.15, 0.2) is 0 Å². The molecule has 0 saturated heterocycles. The van der Waals surface area contributed by atoms with E-state index in [2.05, 4.69) is 180 Å². The molecule has 0 aliphatic carbocycles. The lowest BCUT2D eigenvalue weighted by Crippen LogP contribution is -2.09. The molecule has 0 bridgehead atoms. The van der Waals surface area contributed by atoms with Crippen LogP contribution in [-0.2, 0) is 0 Å². The second-order valence-electron chi connectivity index (χ2n) is 14.7. The van der Waals surface area contributed by atoms with E-state index in [-0.39, 0.29) is 0 Å². The van der Waals surface area contributed by atoms with Gasteiger partial charge in [0.1, 0.15) is 0 Å². The summed E-state index contributed by atoms with van der Waals surface area (Å²) in [6.07, 6.45) is 3.76. The highest BCUT2D eigenvalue weighted by Gasteiger charge is 2.19. The molecule has 6 heteroatoms. The number of rotatable bonds is 8. The number of para-hydroxylation sites is 5. The largest absolute Gasteiger partial charge is 0.311 e. The Bertz CT molecular complexity index is 3210. The smallest absolute Gasteiger partial charge is 0.0996 e. The first-order valence-electron chi connectivity index (χ1n) is 20.1. The third-order valence-corrected chi connectivity index (χ3v) is 11.1. The Morgan fingerprint density at radius 1 is 0.300 bits per heavy atom. The Kier molecular flexibility index (Phi) is 8.71. The number of fused-ring (bicyclic) bond motifs is 7. The second kappa shape index (κ2) is 14.9. The SMILES string of the molecule is c1ccc(N(c2ccccc2)c2ccc(-c3cnc4c(c3)c3nc5cccc(-c6ccc(N(c7ccccc7)c7ccccc7)cc6)c5nc3c3cccnc34)cc2)cc1. The lowest BCUT2D eigenvalue weighted by atomic mass is 10.0. The molecule has 3 heterocycles. The number of hydrogen-bond donors (Lipinski definition) is 0. The molecule has 3 aromatic heterocycles. The van der Waals surface area contributed by atoms with Crippen molar-refractivity contribution in [3.63, 3.8) is 0 Å². The summed E-state index contributed by atoms with van der Waals surface area (Å²) in [5, 5.41) is 1.84. The van der Waals surface area contributed by atoms with E-state index in [0.29, 0.717) is 0 Å². The van der Waals surface area contributed by atoms with Gasteiger partial charge in [-0.1, -0.05) is 109 Å². The van der Waals surface area contributed by atoms with Crippen LogP contribution in [0.3, 0.4) is 0 Å². The zero-order valence-electron chi connectivity index (χ0n) is 32.5. The molecule has 0 N–H and O–H groups in total. The number of aromatic nitrogens is 4. The quantitative estimate of drug-likeness (QED) is 0.113. The van der Waals surface area contributed by atoms with Crippen molar-refractivity contribution in [3.8, 4) is 22.3 Å². The zero-order valence-corrected chi connectivity index (χ0v) is 32.5. The first-order chi connectivity index (χ1) is 29.8. The predicted octanol–water partition coefficient (Wildman–Crippen LogP) is 14.2. The van der Waals surface area contributed by atoms with Crippen LogP contribution in [0, 0.1) is 0 Å². The van der Waals surface area contributed by atoms with Gasteiger partial charge in [0.2, 0.25) is 0 Å². The third kappa shape index (κ3) is 6.24. The highest BCUT2D eigenvalue weighted by molar-refractivity contribution is 6.22. The zero-order chi connectivity index (χ0) is 39.8. The molecule has 0 radical (unpaired) electrons. The van der Waals surface area contributed by atoms with Crippen LogP contribution in [0.2, 0.25) is 0 Å². The van der Waals surface area contributed by atoms with Gasteiger partial charge in [-0.25, -0.2) is 9.97 Å². The molecule has 0 atom stereocenters. The number of benzene rings is 8. The molecule has 60 heavy (non-hydrogen) atoms. The number of pyridine rings is 2. The van der Waals surface area contributed by atoms with Crippen molar-refractivity contribution in [2.24, 2.45) is 0 Å². The van der Waals surface area contributed by atoms with Crippen molar-refractivity contribution in [2.75, 3.05) is 9.80 Å². The fraction of sp³-hybridized carbons (Fsp3) is 0. The van der Waals surface area contributed by atoms with Crippen molar-refractivity contribution in [3.05, 3.63) is 219 Å². The fourth-order valence-corrected chi connectivity index (χ4v) is 8.26. The van der Waals surface area contributed by atoms with Gasteiger partial charge >= 0.3 is 0 Å². The van der Waals surface area contributed by atoms with E-state index in [1.54, 1.807) is 0 Å². The van der Waals surface area contributed by atoms with E-state index in [0.717, 1.165) is 100 Å². The van der Waals surface area contributed by atoms with E-state index in [4.69, 9.17) is 19.9 Å². The van der Waals surface area contributed by atoms with Crippen LogP contribution in [0.25, 0.3) is 66.1 Å². The molecular formula is C54H36N6. The minimum Gasteiger partial charge on any atom is -0.311 e. The Balaban J connectivity index is 1.01. The summed E-state index contributed by atoms with van der Waals surface area (Å²) in [4.78, 5) is 25.2. The van der Waals surface area contributed by atoms with E-state index in [1.807, 2.05) is 48.8 Å². The Morgan fingerprint density at radius 2 is 0.783 bits per heavy atom. The summed E-state index contributed by atoms with van der Waals surface area (Å²) in [6.45, 7) is 0. The van der Waals surface area contributed by atoms with Crippen LogP contribution in [0.4, 0.5) is 34.1 Å². The fourth-order valence-electron chi connectivity index (χ4n) is 8.26. The van der Waals surface area contributed by atoms with Gasteiger partial charge in [0.25, 0.3) is 0 Å². The molecule has 0 aliphatic heterocycles. The monoisotopic (exact) mass is 768 g/mol. The van der Waals surface area contributed by atoms with Gasteiger partial charge in [0, 0.05) is 68.4 Å². The van der Waals surface area contributed by atoms with E-state index < -0.39 is 0 Å². The Labute approximate surface area is 347 Å². The summed E-state index contributed by atoms with van der Waals surface area (Å²) < 4.78 is 0. The van der Waals surface area contributed by atoms with Crippen molar-refractivity contribution in [1.29, 1.82) is 0 Å². The Morgan fingerprint density at radius 3 is 1.33 bits per heavy atom. The van der Waals surface area contributed by atoms with Crippen LogP contribution in [-0.4, -0.2) is 19.9 Å². The maximum atomic E-state index is 5.43. The van der Waals surface area contributed by atoms with Crippen LogP contribution < -0.4 is 9.80 Å². The van der Waals surface area contributed by atoms with Crippen LogP contribution in [0.1, 0.15) is 0 Å². The second-order valence-corrected chi connectivity index (χ2v) is 14.7. The summed E-state index contributed by atoms with van der Waals surface area (Å²) >= 11 is 0. The van der Waals surface area contributed by atoms with Crippen molar-refractivity contribution in [1.82, 2.24) is 19.9 Å². The van der Waals surface area contributed by atoms with E-state index in [1.165, 1.54) is 0 Å². The van der Waals surface area contributed by atoms with Crippen molar-refractivity contribution in [2.45, 2.75) is 0 Å². The number of anilines is 6. The van der Waals surface area contributed by atoms with Gasteiger partial charge in [-0.05, 0) is 108 Å². The van der Waals surface area contributed by atoms with Gasteiger partial charge in [-0.15, -0.1) is 0 Å². The molecule has 8 aromatic carbocycles. The van der Waals surface area contributed by atoms with E-state index >= 15 is 0 Å². The third-order valence-electron chi connectivity index (χ3n) is 11.1. The predicted molar refractivity (Wildman–Crippen MR) is 248 cm³/mol. The van der Waals surface area contributed by atoms with E-state index in [9.17, 15) is 0 Å². The van der Waals surface area contributed by atoms with Gasteiger partial charge in [-0.2, -0.15) is 0 Å². The average molecular weight is 769 g/mol. The topological polar surface area (TPSA) is 58.0 Å². The number of hydrogen-bond acceptors (Lipinski definition) is 6. The van der Waals surface area contributed by atoms with Crippen molar-refractivity contribution >= 4 is 78.0 Å². The number of nitrogens with zero attached hydrogens (tertiary/aromatic N) is 6. The molecule has 0 amide bonds. The standard InChI is InChI=1S/C54H36N6/c1-5-15-40(16-6-1)59(41-17-7-2-8-18-41)44-30-26-37(27-31-44)39-35-48-52(56-36-39)51-47(24-14-34-55-51)53-54(48)57-49-25-13-23-46(50(49)58-53)38-28-32-45(33-29-38)60(42-19-9-3-10-20-42)43-21-11-4-12-22-43/h1-36H. The lowest BCUT2D eigenvalue weighted by Gasteiger charge is -2.25. The summed E-state index contributed by atoms with van der Waals surface area (Å²) in [5.74, 6) is 0. The molecule has 0 spiro atoms. The minimum absolute atomic E-state index is 0.803. The molecule has 0 saturated carbocycles. The summed E-state index contributed by atoms with van der Waals surface area (Å²) in [5.41, 5.74) is 15.5.